The normalized spacial score (nSPS) is 10.7. The average molecular weight is 386 g/mol. The number of hydrogen-bond donors (Lipinski definition) is 1. The van der Waals surface area contributed by atoms with Crippen molar-refractivity contribution in [2.75, 3.05) is 5.32 Å². The van der Waals surface area contributed by atoms with Gasteiger partial charge in [0.2, 0.25) is 0 Å². The van der Waals surface area contributed by atoms with Crippen LogP contribution in [0.15, 0.2) is 47.6 Å². The molecule has 0 radical (unpaired) electrons. The third kappa shape index (κ3) is 6.47. The first-order valence-corrected chi connectivity index (χ1v) is 8.72. The van der Waals surface area contributed by atoms with Crippen molar-refractivity contribution >= 4 is 65.2 Å². The molecule has 1 aromatic carbocycles. The molecule has 2 aromatic rings. The van der Waals surface area contributed by atoms with E-state index in [0.717, 1.165) is 17.4 Å². The molecule has 0 atom stereocenters. The number of aromatic nitrogens is 1. The van der Waals surface area contributed by atoms with Gasteiger partial charge in [-0.2, -0.15) is 0 Å². The number of anilines is 2. The zero-order valence-electron chi connectivity index (χ0n) is 14.3. The molecule has 128 valence electrons. The summed E-state index contributed by atoms with van der Waals surface area (Å²) in [5, 5.41) is 6.60. The van der Waals surface area contributed by atoms with Crippen molar-refractivity contribution in [3.63, 3.8) is 0 Å². The van der Waals surface area contributed by atoms with E-state index in [9.17, 15) is 13.2 Å². The van der Waals surface area contributed by atoms with E-state index in [1.54, 1.807) is 19.9 Å². The monoisotopic (exact) mass is 386 g/mol. The number of urea groups is 1. The minimum atomic E-state index is -4.21. The van der Waals surface area contributed by atoms with Crippen molar-refractivity contribution in [1.29, 1.82) is 0 Å². The molecule has 2 rings (SSSR count). The second-order valence-electron chi connectivity index (χ2n) is 5.44. The van der Waals surface area contributed by atoms with Crippen molar-refractivity contribution in [2.24, 2.45) is 0 Å². The second kappa shape index (κ2) is 9.38. The zero-order valence-corrected chi connectivity index (χ0v) is 17.3. The molecule has 9 heteroatoms. The van der Waals surface area contributed by atoms with Gasteiger partial charge < -0.3 is 20.2 Å². The molecule has 1 aromatic heterocycles. The SMILES string of the molecule is Cc1cccc(Nc2ccncc2S(=O)(=O)[N-]C(=O)[N-]C(C)C)c1.[Ca+2]. The smallest absolute Gasteiger partial charge is 0.667 e. The number of carbonyl (C=O) groups is 1. The van der Waals surface area contributed by atoms with Crippen LogP contribution >= 0.6 is 0 Å². The van der Waals surface area contributed by atoms with Gasteiger partial charge in [0, 0.05) is 18.1 Å². The number of carbonyl (C=O) groups excluding carboxylic acids is 1. The first-order valence-electron chi connectivity index (χ1n) is 7.28. The van der Waals surface area contributed by atoms with Crippen LogP contribution < -0.4 is 5.32 Å². The van der Waals surface area contributed by atoms with Gasteiger partial charge in [-0.15, -0.1) is 6.04 Å². The number of sulfonamides is 1. The molecule has 0 saturated carbocycles. The number of aryl methyl sites for hydroxylation is 1. The Hall–Kier alpha value is -1.35. The van der Waals surface area contributed by atoms with Gasteiger partial charge in [0.1, 0.15) is 10.0 Å². The Labute approximate surface area is 177 Å². The molecular weight excluding hydrogens is 368 g/mol. The molecule has 2 amide bonds. The molecule has 0 bridgehead atoms. The summed E-state index contributed by atoms with van der Waals surface area (Å²) in [6.07, 6.45) is 2.61. The fourth-order valence-electron chi connectivity index (χ4n) is 1.96. The summed E-state index contributed by atoms with van der Waals surface area (Å²) in [6, 6.07) is 7.59. The van der Waals surface area contributed by atoms with Crippen molar-refractivity contribution in [3.05, 3.63) is 58.3 Å². The summed E-state index contributed by atoms with van der Waals surface area (Å²) in [5.41, 5.74) is 2.03. The maximum Gasteiger partial charge on any atom is 2.00 e. The molecule has 0 aliphatic heterocycles. The molecular formula is C16H18CaN4O3S. The van der Waals surface area contributed by atoms with Crippen molar-refractivity contribution < 1.29 is 13.2 Å². The van der Waals surface area contributed by atoms with E-state index < -0.39 is 16.1 Å². The van der Waals surface area contributed by atoms with Crippen LogP contribution in [0.2, 0.25) is 0 Å². The largest absolute Gasteiger partial charge is 2.00 e. The third-order valence-corrected chi connectivity index (χ3v) is 4.20. The molecule has 0 spiro atoms. The first-order chi connectivity index (χ1) is 11.3. The van der Waals surface area contributed by atoms with E-state index in [1.807, 2.05) is 25.1 Å². The van der Waals surface area contributed by atoms with Crippen molar-refractivity contribution in [1.82, 2.24) is 4.98 Å². The van der Waals surface area contributed by atoms with Crippen LogP contribution in [0.1, 0.15) is 19.4 Å². The van der Waals surface area contributed by atoms with Crippen molar-refractivity contribution in [2.45, 2.75) is 31.7 Å². The first kappa shape index (κ1) is 21.7. The number of nitrogens with zero attached hydrogens (tertiary/aromatic N) is 3. The number of rotatable bonds is 5. The Balaban J connectivity index is 0.00000312. The summed E-state index contributed by atoms with van der Waals surface area (Å²) in [4.78, 5) is 15.2. The fourth-order valence-corrected chi connectivity index (χ4v) is 2.91. The number of hydrogen-bond acceptors (Lipinski definition) is 5. The minimum Gasteiger partial charge on any atom is -0.667 e. The van der Waals surface area contributed by atoms with Crippen LogP contribution in [0, 0.1) is 6.92 Å². The summed E-state index contributed by atoms with van der Waals surface area (Å²) in [6.45, 7) is 5.25. The average Bonchev–Trinajstić information content (AvgIpc) is 2.46. The Kier molecular flexibility index (Phi) is 8.14. The zero-order chi connectivity index (χ0) is 17.7. The Morgan fingerprint density at radius 1 is 1.24 bits per heavy atom. The molecule has 7 nitrogen and oxygen atoms in total. The Morgan fingerprint density at radius 2 is 1.96 bits per heavy atom. The maximum atomic E-state index is 12.4. The summed E-state index contributed by atoms with van der Waals surface area (Å²) >= 11 is 0. The van der Waals surface area contributed by atoms with Crippen LogP contribution in [-0.4, -0.2) is 63.2 Å². The molecule has 0 unspecified atom stereocenters. The predicted octanol–water partition coefficient (Wildman–Crippen LogP) is 3.72. The number of benzene rings is 1. The molecule has 0 fully saturated rings. The van der Waals surface area contributed by atoms with Gasteiger partial charge in [-0.1, -0.05) is 26.0 Å². The Bertz CT molecular complexity index is 841. The molecule has 1 heterocycles. The summed E-state index contributed by atoms with van der Waals surface area (Å²) in [5.74, 6) is 0. The molecule has 0 aliphatic rings. The summed E-state index contributed by atoms with van der Waals surface area (Å²) < 4.78 is 28.0. The Morgan fingerprint density at radius 3 is 2.60 bits per heavy atom. The van der Waals surface area contributed by atoms with E-state index in [1.165, 1.54) is 12.3 Å². The van der Waals surface area contributed by atoms with Crippen molar-refractivity contribution in [3.8, 4) is 0 Å². The van der Waals surface area contributed by atoms with Gasteiger partial charge >= 0.3 is 37.7 Å². The van der Waals surface area contributed by atoms with Crippen LogP contribution in [0.5, 0.6) is 0 Å². The second-order valence-corrected chi connectivity index (χ2v) is 7.01. The van der Waals surface area contributed by atoms with E-state index in [2.05, 4.69) is 20.3 Å². The maximum absolute atomic E-state index is 12.4. The molecule has 0 aliphatic carbocycles. The van der Waals surface area contributed by atoms with E-state index in [0.29, 0.717) is 0 Å². The van der Waals surface area contributed by atoms with Crippen LogP contribution in [-0.2, 0) is 10.0 Å². The topological polar surface area (TPSA) is 104 Å². The fraction of sp³-hybridized carbons (Fsp3) is 0.250. The van der Waals surface area contributed by atoms with Gasteiger partial charge in [0.05, 0.1) is 10.6 Å². The van der Waals surface area contributed by atoms with Crippen LogP contribution in [0.4, 0.5) is 16.2 Å². The van der Waals surface area contributed by atoms with Gasteiger partial charge in [0.25, 0.3) is 0 Å². The number of amides is 2. The van der Waals surface area contributed by atoms with Crippen LogP contribution in [0.3, 0.4) is 0 Å². The van der Waals surface area contributed by atoms with Gasteiger partial charge in [-0.05, 0) is 36.7 Å². The minimum absolute atomic E-state index is 0. The predicted molar refractivity (Wildman–Crippen MR) is 98.9 cm³/mol. The molecule has 0 saturated heterocycles. The third-order valence-electron chi connectivity index (χ3n) is 2.93. The quantitative estimate of drug-likeness (QED) is 0.789. The number of pyridine rings is 1. The molecule has 25 heavy (non-hydrogen) atoms. The standard InChI is InChI=1S/C16H19N4O3S.Ca/c1-11(2)18-16(21)20-24(22,23)15-10-17-8-7-14(15)19-13-6-4-5-12(3)9-13;/h4-11H,1-3H3,(H2-,17,18,19,20,21);/q-1;+2/p-1. The number of nitrogens with one attached hydrogen (secondary N) is 1. The van der Waals surface area contributed by atoms with E-state index in [4.69, 9.17) is 0 Å². The van der Waals surface area contributed by atoms with E-state index in [-0.39, 0.29) is 54.4 Å². The van der Waals surface area contributed by atoms with Gasteiger partial charge in [0.15, 0.2) is 0 Å². The summed E-state index contributed by atoms with van der Waals surface area (Å²) in [7, 11) is -4.21. The van der Waals surface area contributed by atoms with E-state index >= 15 is 0 Å². The molecule has 1 N–H and O–H groups in total. The van der Waals surface area contributed by atoms with Crippen LogP contribution in [0.25, 0.3) is 10.0 Å². The van der Waals surface area contributed by atoms with Gasteiger partial charge in [-0.25, -0.2) is 8.42 Å². The van der Waals surface area contributed by atoms with Gasteiger partial charge in [-0.3, -0.25) is 4.98 Å².